The molecule has 0 aliphatic carbocycles. The highest BCUT2D eigenvalue weighted by atomic mass is 32.1. The summed E-state index contributed by atoms with van der Waals surface area (Å²) in [5.41, 5.74) is 2.36. The lowest BCUT2D eigenvalue weighted by atomic mass is 10.1. The molecule has 80 valence electrons. The predicted octanol–water partition coefficient (Wildman–Crippen LogP) is 1.01. The summed E-state index contributed by atoms with van der Waals surface area (Å²) in [6.45, 7) is 3.96. The van der Waals surface area contributed by atoms with E-state index < -0.39 is 5.60 Å². The largest absolute Gasteiger partial charge is 0.384 e. The Morgan fingerprint density at radius 2 is 2.33 bits per heavy atom. The van der Waals surface area contributed by atoms with Gasteiger partial charge in [-0.25, -0.2) is 9.67 Å². The topological polar surface area (TPSA) is 63.8 Å². The summed E-state index contributed by atoms with van der Waals surface area (Å²) in [5.74, 6) is 0. The molecule has 0 radical (unpaired) electrons. The first-order chi connectivity index (χ1) is 7.05. The third kappa shape index (κ3) is 2.40. The zero-order valence-electron chi connectivity index (χ0n) is 8.58. The van der Waals surface area contributed by atoms with Crippen LogP contribution in [0, 0.1) is 0 Å². The van der Waals surface area contributed by atoms with Gasteiger partial charge in [-0.2, -0.15) is 0 Å². The Morgan fingerprint density at radius 1 is 1.53 bits per heavy atom. The minimum atomic E-state index is -0.944. The molecule has 2 aromatic heterocycles. The minimum Gasteiger partial charge on any atom is -0.384 e. The van der Waals surface area contributed by atoms with Crippen molar-refractivity contribution in [2.75, 3.05) is 0 Å². The van der Waals surface area contributed by atoms with E-state index in [1.165, 1.54) is 0 Å². The minimum absolute atomic E-state index is 0.567. The molecule has 15 heavy (non-hydrogen) atoms. The van der Waals surface area contributed by atoms with Crippen molar-refractivity contribution in [2.24, 2.45) is 0 Å². The molecule has 0 aromatic carbocycles. The quantitative estimate of drug-likeness (QED) is 0.845. The van der Waals surface area contributed by atoms with Gasteiger partial charge in [0, 0.05) is 5.38 Å². The van der Waals surface area contributed by atoms with Crippen molar-refractivity contribution in [1.82, 2.24) is 20.0 Å². The van der Waals surface area contributed by atoms with Crippen LogP contribution in [0.15, 0.2) is 17.1 Å². The SMILES string of the molecule is CC(C)(O)c1cn(Cc2cscn2)nn1. The fraction of sp³-hybridized carbons (Fsp3) is 0.444. The zero-order valence-corrected chi connectivity index (χ0v) is 9.40. The monoisotopic (exact) mass is 224 g/mol. The molecule has 2 heterocycles. The van der Waals surface area contributed by atoms with Crippen LogP contribution in [-0.2, 0) is 12.1 Å². The molecule has 0 amide bonds. The number of nitrogens with zero attached hydrogens (tertiary/aromatic N) is 4. The van der Waals surface area contributed by atoms with E-state index in [-0.39, 0.29) is 0 Å². The van der Waals surface area contributed by atoms with Gasteiger partial charge in [0.05, 0.1) is 23.9 Å². The molecule has 0 fully saturated rings. The highest BCUT2D eigenvalue weighted by molar-refractivity contribution is 7.07. The predicted molar refractivity (Wildman–Crippen MR) is 56.5 cm³/mol. The van der Waals surface area contributed by atoms with Crippen LogP contribution in [0.2, 0.25) is 0 Å². The summed E-state index contributed by atoms with van der Waals surface area (Å²) in [4.78, 5) is 4.15. The summed E-state index contributed by atoms with van der Waals surface area (Å²) in [6, 6.07) is 0. The van der Waals surface area contributed by atoms with Crippen molar-refractivity contribution in [3.8, 4) is 0 Å². The molecular formula is C9H12N4OS. The first-order valence-corrected chi connectivity index (χ1v) is 5.50. The Labute approximate surface area is 91.4 Å². The maximum atomic E-state index is 9.70. The fourth-order valence-corrected chi connectivity index (χ4v) is 1.69. The number of aromatic nitrogens is 4. The van der Waals surface area contributed by atoms with Gasteiger partial charge in [-0.05, 0) is 13.8 Å². The molecule has 1 N–H and O–H groups in total. The molecule has 2 rings (SSSR count). The number of thiazole rings is 1. The van der Waals surface area contributed by atoms with Gasteiger partial charge in [0.25, 0.3) is 0 Å². The molecule has 0 aliphatic heterocycles. The van der Waals surface area contributed by atoms with Gasteiger partial charge in [0.1, 0.15) is 11.3 Å². The zero-order chi connectivity index (χ0) is 10.9. The van der Waals surface area contributed by atoms with E-state index in [4.69, 9.17) is 0 Å². The second kappa shape index (κ2) is 3.71. The van der Waals surface area contributed by atoms with E-state index >= 15 is 0 Å². The maximum absolute atomic E-state index is 9.70. The summed E-state index contributed by atoms with van der Waals surface area (Å²) in [7, 11) is 0. The highest BCUT2D eigenvalue weighted by Crippen LogP contribution is 2.16. The van der Waals surface area contributed by atoms with E-state index in [0.29, 0.717) is 12.2 Å². The molecule has 0 atom stereocenters. The van der Waals surface area contributed by atoms with Crippen molar-refractivity contribution >= 4 is 11.3 Å². The van der Waals surface area contributed by atoms with Gasteiger partial charge in [0.15, 0.2) is 0 Å². The van der Waals surface area contributed by atoms with Crippen LogP contribution in [0.25, 0.3) is 0 Å². The van der Waals surface area contributed by atoms with Gasteiger partial charge in [-0.15, -0.1) is 16.4 Å². The first-order valence-electron chi connectivity index (χ1n) is 4.56. The normalized spacial score (nSPS) is 11.9. The second-order valence-corrected chi connectivity index (χ2v) is 4.56. The van der Waals surface area contributed by atoms with E-state index in [9.17, 15) is 5.11 Å². The Hall–Kier alpha value is -1.27. The molecule has 0 saturated heterocycles. The first kappa shape index (κ1) is 10.3. The fourth-order valence-electron chi connectivity index (χ4n) is 1.14. The smallest absolute Gasteiger partial charge is 0.114 e. The van der Waals surface area contributed by atoms with Crippen LogP contribution >= 0.6 is 11.3 Å². The van der Waals surface area contributed by atoms with Crippen molar-refractivity contribution in [2.45, 2.75) is 26.0 Å². The lowest BCUT2D eigenvalue weighted by molar-refractivity contribution is 0.0737. The highest BCUT2D eigenvalue weighted by Gasteiger charge is 2.19. The van der Waals surface area contributed by atoms with Crippen molar-refractivity contribution < 1.29 is 5.11 Å². The third-order valence-corrected chi connectivity index (χ3v) is 2.61. The second-order valence-electron chi connectivity index (χ2n) is 3.84. The molecule has 0 bridgehead atoms. The van der Waals surface area contributed by atoms with Crippen LogP contribution < -0.4 is 0 Å². The Balaban J connectivity index is 2.15. The Bertz CT molecular complexity index is 429. The molecule has 0 aliphatic rings. The van der Waals surface area contributed by atoms with Crippen molar-refractivity contribution in [3.63, 3.8) is 0 Å². The summed E-state index contributed by atoms with van der Waals surface area (Å²) in [6.07, 6.45) is 1.74. The van der Waals surface area contributed by atoms with E-state index in [1.807, 2.05) is 5.38 Å². The summed E-state index contributed by atoms with van der Waals surface area (Å²) in [5, 5.41) is 19.5. The van der Waals surface area contributed by atoms with Crippen LogP contribution in [0.5, 0.6) is 0 Å². The Kier molecular flexibility index (Phi) is 2.54. The standard InChI is InChI=1S/C9H12N4OS/c1-9(2,14)8-4-13(12-11-8)3-7-5-15-6-10-7/h4-6,14H,3H2,1-2H3. The lowest BCUT2D eigenvalue weighted by Gasteiger charge is -2.11. The maximum Gasteiger partial charge on any atom is 0.114 e. The van der Waals surface area contributed by atoms with Crippen LogP contribution in [0.3, 0.4) is 0 Å². The molecular weight excluding hydrogens is 212 g/mol. The summed E-state index contributed by atoms with van der Waals surface area (Å²) < 4.78 is 1.67. The molecule has 0 saturated carbocycles. The third-order valence-electron chi connectivity index (χ3n) is 1.97. The summed E-state index contributed by atoms with van der Waals surface area (Å²) >= 11 is 1.55. The van der Waals surface area contributed by atoms with Gasteiger partial charge in [-0.1, -0.05) is 5.21 Å². The number of hydrogen-bond acceptors (Lipinski definition) is 5. The average molecular weight is 224 g/mol. The lowest BCUT2D eigenvalue weighted by Crippen LogP contribution is -2.15. The number of hydrogen-bond donors (Lipinski definition) is 1. The molecule has 0 spiro atoms. The molecule has 0 unspecified atom stereocenters. The molecule has 5 nitrogen and oxygen atoms in total. The van der Waals surface area contributed by atoms with Crippen molar-refractivity contribution in [3.05, 3.63) is 28.5 Å². The van der Waals surface area contributed by atoms with Gasteiger partial charge < -0.3 is 5.11 Å². The van der Waals surface area contributed by atoms with Gasteiger partial charge in [0.2, 0.25) is 0 Å². The van der Waals surface area contributed by atoms with Crippen LogP contribution in [0.1, 0.15) is 25.2 Å². The number of rotatable bonds is 3. The Morgan fingerprint density at radius 3 is 2.87 bits per heavy atom. The van der Waals surface area contributed by atoms with Crippen LogP contribution in [0.4, 0.5) is 0 Å². The van der Waals surface area contributed by atoms with E-state index in [1.54, 1.807) is 41.6 Å². The molecule has 2 aromatic rings. The van der Waals surface area contributed by atoms with Gasteiger partial charge in [-0.3, -0.25) is 0 Å². The van der Waals surface area contributed by atoms with Crippen LogP contribution in [-0.4, -0.2) is 25.1 Å². The van der Waals surface area contributed by atoms with Crippen molar-refractivity contribution in [1.29, 1.82) is 0 Å². The van der Waals surface area contributed by atoms with E-state index in [0.717, 1.165) is 5.69 Å². The average Bonchev–Trinajstić information content (AvgIpc) is 2.73. The van der Waals surface area contributed by atoms with Gasteiger partial charge >= 0.3 is 0 Å². The van der Waals surface area contributed by atoms with E-state index in [2.05, 4.69) is 15.3 Å². The molecule has 6 heteroatoms. The number of aliphatic hydroxyl groups is 1.